The van der Waals surface area contributed by atoms with Crippen molar-refractivity contribution in [2.24, 2.45) is 0 Å². The zero-order valence-electron chi connectivity index (χ0n) is 13.0. The first-order valence-corrected chi connectivity index (χ1v) is 7.10. The maximum atomic E-state index is 5.58. The standard InChI is InChI=1S/C16H22N2O3/c1-5-20-14-8-6-7-13(15(14)19-4)10-17-12(3)16-18-9-11(2)21-16/h6-9,12,17H,5,10H2,1-4H3. The van der Waals surface area contributed by atoms with Gasteiger partial charge in [0.2, 0.25) is 5.89 Å². The van der Waals surface area contributed by atoms with Crippen molar-refractivity contribution in [2.45, 2.75) is 33.4 Å². The summed E-state index contributed by atoms with van der Waals surface area (Å²) in [5.74, 6) is 3.03. The van der Waals surface area contributed by atoms with Gasteiger partial charge in [-0.1, -0.05) is 12.1 Å². The predicted octanol–water partition coefficient (Wildman–Crippen LogP) is 3.24. The molecule has 5 nitrogen and oxygen atoms in total. The maximum Gasteiger partial charge on any atom is 0.211 e. The van der Waals surface area contributed by atoms with Gasteiger partial charge in [-0.3, -0.25) is 0 Å². The number of methoxy groups -OCH3 is 1. The van der Waals surface area contributed by atoms with Gasteiger partial charge in [0.15, 0.2) is 11.5 Å². The van der Waals surface area contributed by atoms with E-state index in [9.17, 15) is 0 Å². The quantitative estimate of drug-likeness (QED) is 0.848. The number of oxazole rings is 1. The summed E-state index contributed by atoms with van der Waals surface area (Å²) in [5.41, 5.74) is 1.04. The number of rotatable bonds is 7. The molecule has 0 aliphatic carbocycles. The molecule has 0 fully saturated rings. The van der Waals surface area contributed by atoms with Crippen LogP contribution in [0.1, 0.15) is 37.1 Å². The first-order valence-electron chi connectivity index (χ1n) is 7.10. The molecule has 0 radical (unpaired) electrons. The van der Waals surface area contributed by atoms with Crippen molar-refractivity contribution >= 4 is 0 Å². The SMILES string of the molecule is CCOc1cccc(CNC(C)c2ncc(C)o2)c1OC. The Balaban J connectivity index is 2.07. The van der Waals surface area contributed by atoms with Gasteiger partial charge in [0.05, 0.1) is 26.0 Å². The number of hydrogen-bond acceptors (Lipinski definition) is 5. The van der Waals surface area contributed by atoms with Crippen LogP contribution in [0.15, 0.2) is 28.8 Å². The molecular formula is C16H22N2O3. The molecule has 2 aromatic rings. The lowest BCUT2D eigenvalue weighted by molar-refractivity contribution is 0.308. The second-order valence-electron chi connectivity index (χ2n) is 4.79. The fourth-order valence-corrected chi connectivity index (χ4v) is 2.12. The Kier molecular flexibility index (Phi) is 5.22. The van der Waals surface area contributed by atoms with Crippen LogP contribution >= 0.6 is 0 Å². The molecule has 1 N–H and O–H groups in total. The first kappa shape index (κ1) is 15.4. The van der Waals surface area contributed by atoms with E-state index in [0.717, 1.165) is 22.8 Å². The minimum absolute atomic E-state index is 0.0270. The average Bonchev–Trinajstić information content (AvgIpc) is 2.92. The molecule has 0 saturated heterocycles. The average molecular weight is 290 g/mol. The van der Waals surface area contributed by atoms with Crippen molar-refractivity contribution in [1.29, 1.82) is 0 Å². The van der Waals surface area contributed by atoms with Crippen LogP contribution in [-0.2, 0) is 6.54 Å². The Bertz CT molecular complexity index is 581. The van der Waals surface area contributed by atoms with Crippen LogP contribution in [0.2, 0.25) is 0 Å². The Morgan fingerprint density at radius 2 is 2.19 bits per heavy atom. The summed E-state index contributed by atoms with van der Waals surface area (Å²) in [6.07, 6.45) is 1.73. The largest absolute Gasteiger partial charge is 0.493 e. The highest BCUT2D eigenvalue weighted by Gasteiger charge is 2.14. The van der Waals surface area contributed by atoms with Gasteiger partial charge in [-0.15, -0.1) is 0 Å². The van der Waals surface area contributed by atoms with Crippen LogP contribution in [0.5, 0.6) is 11.5 Å². The Morgan fingerprint density at radius 3 is 2.81 bits per heavy atom. The molecule has 2 rings (SSSR count). The summed E-state index contributed by atoms with van der Waals surface area (Å²) < 4.78 is 16.6. The molecule has 0 bridgehead atoms. The van der Waals surface area contributed by atoms with Crippen molar-refractivity contribution in [2.75, 3.05) is 13.7 Å². The number of nitrogens with one attached hydrogen (secondary N) is 1. The summed E-state index contributed by atoms with van der Waals surface area (Å²) in [4.78, 5) is 4.23. The lowest BCUT2D eigenvalue weighted by Gasteiger charge is -2.15. The zero-order chi connectivity index (χ0) is 15.2. The zero-order valence-corrected chi connectivity index (χ0v) is 13.0. The van der Waals surface area contributed by atoms with E-state index >= 15 is 0 Å². The maximum absolute atomic E-state index is 5.58. The second kappa shape index (κ2) is 7.13. The van der Waals surface area contributed by atoms with E-state index in [-0.39, 0.29) is 6.04 Å². The third kappa shape index (κ3) is 3.76. The Morgan fingerprint density at radius 1 is 1.38 bits per heavy atom. The molecule has 0 aliphatic heterocycles. The van der Waals surface area contributed by atoms with Gasteiger partial charge >= 0.3 is 0 Å². The molecule has 5 heteroatoms. The predicted molar refractivity (Wildman–Crippen MR) is 80.7 cm³/mol. The topological polar surface area (TPSA) is 56.5 Å². The molecule has 1 unspecified atom stereocenters. The van der Waals surface area contributed by atoms with Gasteiger partial charge in [0, 0.05) is 12.1 Å². The van der Waals surface area contributed by atoms with E-state index in [0.29, 0.717) is 19.0 Å². The first-order chi connectivity index (χ1) is 10.2. The molecule has 1 atom stereocenters. The number of ether oxygens (including phenoxy) is 2. The van der Waals surface area contributed by atoms with Gasteiger partial charge < -0.3 is 19.2 Å². The highest BCUT2D eigenvalue weighted by molar-refractivity contribution is 5.46. The summed E-state index contributed by atoms with van der Waals surface area (Å²) in [6, 6.07) is 5.91. The number of hydrogen-bond donors (Lipinski definition) is 1. The smallest absolute Gasteiger partial charge is 0.211 e. The van der Waals surface area contributed by atoms with Crippen LogP contribution in [0.4, 0.5) is 0 Å². The summed E-state index contributed by atoms with van der Waals surface area (Å²) in [5, 5.41) is 3.38. The molecule has 1 aromatic heterocycles. The van der Waals surface area contributed by atoms with Crippen molar-refractivity contribution in [1.82, 2.24) is 10.3 Å². The van der Waals surface area contributed by atoms with Gasteiger partial charge in [-0.2, -0.15) is 0 Å². The van der Waals surface area contributed by atoms with Crippen LogP contribution in [0.3, 0.4) is 0 Å². The van der Waals surface area contributed by atoms with E-state index < -0.39 is 0 Å². The summed E-state index contributed by atoms with van der Waals surface area (Å²) in [6.45, 7) is 7.12. The van der Waals surface area contributed by atoms with Gasteiger partial charge in [-0.25, -0.2) is 4.98 Å². The minimum atomic E-state index is 0.0270. The highest BCUT2D eigenvalue weighted by Crippen LogP contribution is 2.31. The van der Waals surface area contributed by atoms with Crippen LogP contribution in [-0.4, -0.2) is 18.7 Å². The molecule has 114 valence electrons. The number of benzene rings is 1. The molecule has 1 heterocycles. The van der Waals surface area contributed by atoms with Crippen LogP contribution in [0, 0.1) is 6.92 Å². The number of aryl methyl sites for hydroxylation is 1. The van der Waals surface area contributed by atoms with Crippen molar-refractivity contribution in [3.05, 3.63) is 41.6 Å². The molecule has 0 amide bonds. The molecule has 1 aromatic carbocycles. The number of para-hydroxylation sites is 1. The van der Waals surface area contributed by atoms with E-state index in [1.54, 1.807) is 13.3 Å². The van der Waals surface area contributed by atoms with Crippen LogP contribution in [0.25, 0.3) is 0 Å². The third-order valence-electron chi connectivity index (χ3n) is 3.17. The normalized spacial score (nSPS) is 12.2. The molecule has 0 saturated carbocycles. The highest BCUT2D eigenvalue weighted by atomic mass is 16.5. The van der Waals surface area contributed by atoms with Crippen molar-refractivity contribution in [3.8, 4) is 11.5 Å². The molecule has 0 aliphatic rings. The minimum Gasteiger partial charge on any atom is -0.493 e. The fourth-order valence-electron chi connectivity index (χ4n) is 2.12. The number of nitrogens with zero attached hydrogens (tertiary/aromatic N) is 1. The molecule has 21 heavy (non-hydrogen) atoms. The van der Waals surface area contributed by atoms with Crippen LogP contribution < -0.4 is 14.8 Å². The van der Waals surface area contributed by atoms with Gasteiger partial charge in [-0.05, 0) is 26.8 Å². The van der Waals surface area contributed by atoms with E-state index in [2.05, 4.69) is 10.3 Å². The van der Waals surface area contributed by atoms with Crippen molar-refractivity contribution < 1.29 is 13.9 Å². The van der Waals surface area contributed by atoms with Gasteiger partial charge in [0.25, 0.3) is 0 Å². The fraction of sp³-hybridized carbons (Fsp3) is 0.438. The monoisotopic (exact) mass is 290 g/mol. The summed E-state index contributed by atoms with van der Waals surface area (Å²) in [7, 11) is 1.65. The van der Waals surface area contributed by atoms with Gasteiger partial charge in [0.1, 0.15) is 5.76 Å². The lowest BCUT2D eigenvalue weighted by Crippen LogP contribution is -2.19. The van der Waals surface area contributed by atoms with Crippen molar-refractivity contribution in [3.63, 3.8) is 0 Å². The third-order valence-corrected chi connectivity index (χ3v) is 3.17. The van der Waals surface area contributed by atoms with E-state index in [1.165, 1.54) is 0 Å². The Labute approximate surface area is 125 Å². The van der Waals surface area contributed by atoms with E-state index in [1.807, 2.05) is 39.0 Å². The second-order valence-corrected chi connectivity index (χ2v) is 4.79. The number of aromatic nitrogens is 1. The lowest BCUT2D eigenvalue weighted by atomic mass is 10.1. The Hall–Kier alpha value is -2.01. The molecule has 0 spiro atoms. The molecular weight excluding hydrogens is 268 g/mol. The van der Waals surface area contributed by atoms with E-state index in [4.69, 9.17) is 13.9 Å². The summed E-state index contributed by atoms with van der Waals surface area (Å²) >= 11 is 0.